The fourth-order valence-corrected chi connectivity index (χ4v) is 0.892. The third kappa shape index (κ3) is 17.5. The molecule has 5 heteroatoms. The van der Waals surface area contributed by atoms with E-state index >= 15 is 0 Å². The Hall–Kier alpha value is -1.10. The van der Waals surface area contributed by atoms with Crippen LogP contribution in [-0.4, -0.2) is 38.9 Å². The molecular weight excluding hydrogens is 216 g/mol. The number of nitrogens with two attached hydrogens (primary N) is 1. The number of nitrogens with zero attached hydrogens (tertiary/aromatic N) is 1. The lowest BCUT2D eigenvalue weighted by Gasteiger charge is -2.08. The first-order valence-corrected chi connectivity index (χ1v) is 6.33. The average Bonchev–Trinajstić information content (AvgIpc) is 2.43. The van der Waals surface area contributed by atoms with Gasteiger partial charge in [-0.3, -0.25) is 4.99 Å². The third-order valence-corrected chi connectivity index (χ3v) is 1.64. The molecule has 0 unspecified atom stereocenters. The molecule has 0 radical (unpaired) electrons. The normalized spacial score (nSPS) is 11.1. The zero-order chi connectivity index (χ0) is 14.1. The Morgan fingerprint density at radius 1 is 1.41 bits per heavy atom. The van der Waals surface area contributed by atoms with Crippen LogP contribution in [0.4, 0.5) is 0 Å². The minimum Gasteiger partial charge on any atom is -0.359 e. The van der Waals surface area contributed by atoms with Gasteiger partial charge in [0.25, 0.3) is 0 Å². The number of rotatable bonds is 5. The predicted molar refractivity (Wildman–Crippen MR) is 82.7 cm³/mol. The van der Waals surface area contributed by atoms with E-state index in [4.69, 9.17) is 5.73 Å². The first kappa shape index (κ1) is 21.2. The molecule has 0 heterocycles. The van der Waals surface area contributed by atoms with Crippen molar-refractivity contribution in [3.8, 4) is 0 Å². The van der Waals surface area contributed by atoms with Crippen LogP contribution < -0.4 is 16.4 Å². The molecule has 0 fully saturated rings. The van der Waals surface area contributed by atoms with Crippen LogP contribution in [0.15, 0.2) is 4.99 Å². The largest absolute Gasteiger partial charge is 0.359 e. The highest BCUT2D eigenvalue weighted by Crippen LogP contribution is 1.89. The van der Waals surface area contributed by atoms with E-state index in [0.717, 1.165) is 25.2 Å². The summed E-state index contributed by atoms with van der Waals surface area (Å²) in [5.74, 6) is 0.750. The second-order valence-corrected chi connectivity index (χ2v) is 2.69. The molecule has 110 valence electrons. The van der Waals surface area contributed by atoms with Crippen molar-refractivity contribution in [2.75, 3.05) is 20.6 Å². The van der Waals surface area contributed by atoms with Gasteiger partial charge >= 0.3 is 0 Å². The maximum absolute atomic E-state index is 10.2. The number of carbonyl (C=O) groups excluding carboxylic acids is 1. The van der Waals surface area contributed by atoms with E-state index in [1.54, 1.807) is 14.1 Å². The van der Waals surface area contributed by atoms with Gasteiger partial charge in [0.1, 0.15) is 6.29 Å². The lowest BCUT2D eigenvalue weighted by molar-refractivity contribution is -0.109. The molecule has 0 bridgehead atoms. The Morgan fingerprint density at radius 3 is 2.29 bits per heavy atom. The van der Waals surface area contributed by atoms with Gasteiger partial charge in [-0.2, -0.15) is 0 Å². The lowest BCUT2D eigenvalue weighted by Crippen LogP contribution is -2.35. The zero-order valence-corrected chi connectivity index (χ0v) is 12.2. The van der Waals surface area contributed by atoms with Gasteiger partial charge in [-0.1, -0.05) is 27.7 Å². The van der Waals surface area contributed by atoms with Crippen LogP contribution in [-0.2, 0) is 4.79 Å². The van der Waals surface area contributed by atoms with Crippen LogP contribution in [0, 0.1) is 0 Å². The number of hydrogen-bond acceptors (Lipinski definition) is 3. The molecule has 4 N–H and O–H groups in total. The van der Waals surface area contributed by atoms with Gasteiger partial charge in [0.2, 0.25) is 0 Å². The molecular formula is C12H36N4O. The maximum atomic E-state index is 10.2. The molecule has 1 atom stereocenters. The van der Waals surface area contributed by atoms with Crippen molar-refractivity contribution in [1.82, 2.24) is 10.6 Å². The molecule has 0 aliphatic rings. The lowest BCUT2D eigenvalue weighted by atomic mass is 10.2. The van der Waals surface area contributed by atoms with Crippen molar-refractivity contribution in [2.45, 2.75) is 46.6 Å². The smallest absolute Gasteiger partial charge is 0.190 e. The minimum atomic E-state index is -0.335. The molecule has 0 spiro atoms. The van der Waals surface area contributed by atoms with E-state index in [9.17, 15) is 4.79 Å². The van der Waals surface area contributed by atoms with Gasteiger partial charge in [-0.25, -0.2) is 0 Å². The molecule has 0 aliphatic heterocycles. The van der Waals surface area contributed by atoms with Crippen LogP contribution in [0.1, 0.15) is 44.8 Å². The zero-order valence-electron chi connectivity index (χ0n) is 12.2. The molecule has 0 aliphatic carbocycles. The number of aldehydes is 1. The average molecular weight is 252 g/mol. The molecule has 0 rings (SSSR count). The number of carbonyl (C=O) groups is 1. The molecule has 5 nitrogen and oxygen atoms in total. The summed E-state index contributed by atoms with van der Waals surface area (Å²) in [4.78, 5) is 14.1. The van der Waals surface area contributed by atoms with Crippen LogP contribution in [0.25, 0.3) is 0 Å². The summed E-state index contributed by atoms with van der Waals surface area (Å²) in [6, 6.07) is -0.335. The Bertz CT molecular complexity index is 184. The summed E-state index contributed by atoms with van der Waals surface area (Å²) in [5.41, 5.74) is 5.41. The number of guanidine groups is 1. The van der Waals surface area contributed by atoms with E-state index in [1.165, 1.54) is 0 Å². The summed E-state index contributed by atoms with van der Waals surface area (Å²) in [7, 11) is 3.50. The second-order valence-electron chi connectivity index (χ2n) is 2.69. The Kier molecular flexibility index (Phi) is 25.4. The maximum Gasteiger partial charge on any atom is 0.190 e. The molecule has 0 saturated carbocycles. The van der Waals surface area contributed by atoms with Gasteiger partial charge in [0, 0.05) is 24.9 Å². The summed E-state index contributed by atoms with van der Waals surface area (Å²) in [6.45, 7) is 8.77. The quantitative estimate of drug-likeness (QED) is 0.302. The number of nitrogens with one attached hydrogen (secondary N) is 2. The molecule has 0 aromatic rings. The Labute approximate surface area is 111 Å². The highest BCUT2D eigenvalue weighted by molar-refractivity contribution is 5.79. The van der Waals surface area contributed by atoms with Crippen molar-refractivity contribution < 1.29 is 9.07 Å². The van der Waals surface area contributed by atoms with Gasteiger partial charge in [-0.05, 0) is 12.8 Å². The highest BCUT2D eigenvalue weighted by atomic mass is 16.1. The highest BCUT2D eigenvalue weighted by Gasteiger charge is 1.99. The van der Waals surface area contributed by atoms with Gasteiger partial charge in [0.05, 0.1) is 6.04 Å². The Balaban J connectivity index is -0.0000000639. The van der Waals surface area contributed by atoms with Crippen LogP contribution in [0.2, 0.25) is 0 Å². The van der Waals surface area contributed by atoms with E-state index in [2.05, 4.69) is 15.6 Å². The first-order chi connectivity index (χ1) is 8.24. The number of aliphatic imine (C=N–C) groups is 1. The summed E-state index contributed by atoms with van der Waals surface area (Å²) in [5, 5.41) is 5.96. The minimum absolute atomic E-state index is 0. The van der Waals surface area contributed by atoms with Crippen LogP contribution in [0.5, 0.6) is 0 Å². The van der Waals surface area contributed by atoms with Gasteiger partial charge < -0.3 is 21.2 Å². The summed E-state index contributed by atoms with van der Waals surface area (Å²) in [6.07, 6.45) is 2.34. The SMILES string of the molecule is CC.CC.CN=C(NC)NCCC[C@H](N)C=O.[HH].[HH].[HH]. The van der Waals surface area contributed by atoms with Crippen molar-refractivity contribution >= 4 is 12.2 Å². The molecule has 0 amide bonds. The van der Waals surface area contributed by atoms with Crippen LogP contribution >= 0.6 is 0 Å². The van der Waals surface area contributed by atoms with E-state index in [-0.39, 0.29) is 10.3 Å². The topological polar surface area (TPSA) is 79.5 Å². The van der Waals surface area contributed by atoms with Crippen molar-refractivity contribution in [2.24, 2.45) is 10.7 Å². The summed E-state index contributed by atoms with van der Waals surface area (Å²) < 4.78 is 0. The van der Waals surface area contributed by atoms with E-state index in [1.807, 2.05) is 27.7 Å². The fourth-order valence-electron chi connectivity index (χ4n) is 0.892. The monoisotopic (exact) mass is 252 g/mol. The standard InChI is InChI=1S/C8H18N4O.2C2H6.3H2/c1-10-8(11-2)12-5-3-4-7(9)6-13;2*1-2;;;/h6-7H,3-5,9H2,1-2H3,(H2,10,11,12);2*1-2H3;3*1H/t7-;;;;;/m0...../s1. The van der Waals surface area contributed by atoms with E-state index < -0.39 is 0 Å². The number of hydrogen-bond donors (Lipinski definition) is 3. The Morgan fingerprint density at radius 2 is 1.94 bits per heavy atom. The molecule has 0 aromatic heterocycles. The van der Waals surface area contributed by atoms with E-state index in [0.29, 0.717) is 6.42 Å². The van der Waals surface area contributed by atoms with Crippen LogP contribution in [0.3, 0.4) is 0 Å². The van der Waals surface area contributed by atoms with Crippen molar-refractivity contribution in [1.29, 1.82) is 0 Å². The molecule has 0 saturated heterocycles. The van der Waals surface area contributed by atoms with Crippen molar-refractivity contribution in [3.05, 3.63) is 0 Å². The fraction of sp³-hybridized carbons (Fsp3) is 0.833. The van der Waals surface area contributed by atoms with Gasteiger partial charge in [0.15, 0.2) is 5.96 Å². The summed E-state index contributed by atoms with van der Waals surface area (Å²) >= 11 is 0. The van der Waals surface area contributed by atoms with Crippen molar-refractivity contribution in [3.63, 3.8) is 0 Å². The molecule has 0 aromatic carbocycles. The third-order valence-electron chi connectivity index (χ3n) is 1.64. The van der Waals surface area contributed by atoms with Gasteiger partial charge in [-0.15, -0.1) is 0 Å². The first-order valence-electron chi connectivity index (χ1n) is 6.33. The second kappa shape index (κ2) is 20.3. The molecule has 17 heavy (non-hydrogen) atoms. The predicted octanol–water partition coefficient (Wildman–Crippen LogP) is 1.88.